The van der Waals surface area contributed by atoms with Crippen LogP contribution in [-0.2, 0) is 4.79 Å². The number of hydrazine groups is 1. The van der Waals surface area contributed by atoms with Crippen LogP contribution in [-0.4, -0.2) is 23.5 Å². The summed E-state index contributed by atoms with van der Waals surface area (Å²) in [6, 6.07) is 24.7. The minimum atomic E-state index is -0.426. The van der Waals surface area contributed by atoms with Crippen LogP contribution in [0.1, 0.15) is 42.1 Å². The van der Waals surface area contributed by atoms with Crippen LogP contribution >= 0.6 is 12.2 Å². The minimum Gasteiger partial charge on any atom is -0.484 e. The van der Waals surface area contributed by atoms with E-state index in [0.29, 0.717) is 17.2 Å². The largest absolute Gasteiger partial charge is 0.484 e. The van der Waals surface area contributed by atoms with Gasteiger partial charge in [0.05, 0.1) is 0 Å². The maximum atomic E-state index is 12.4. The average Bonchev–Trinajstić information content (AvgIpc) is 2.86. The standard InChI is InChI=1S/C26H27N3O3S/c1-3-18(2)19-13-15-23(16-14-19)32-17-24(30)28-29-26(33)27-25(31)22-11-9-21(10-12-22)20-7-5-4-6-8-20/h4-16,18H,3,17H2,1-2H3,(H,28,30)(H2,27,29,31,33). The number of ether oxygens (including phenoxy) is 1. The zero-order chi connectivity index (χ0) is 23.6. The lowest BCUT2D eigenvalue weighted by atomic mass is 9.99. The number of benzene rings is 3. The summed E-state index contributed by atoms with van der Waals surface area (Å²) >= 11 is 5.08. The van der Waals surface area contributed by atoms with Crippen molar-refractivity contribution < 1.29 is 14.3 Å². The molecule has 0 aliphatic carbocycles. The van der Waals surface area contributed by atoms with Gasteiger partial charge in [0, 0.05) is 5.56 Å². The number of rotatable bonds is 7. The summed E-state index contributed by atoms with van der Waals surface area (Å²) in [5, 5.41) is 2.52. The summed E-state index contributed by atoms with van der Waals surface area (Å²) < 4.78 is 5.48. The normalized spacial score (nSPS) is 11.2. The van der Waals surface area contributed by atoms with E-state index in [1.807, 2.05) is 66.7 Å². The molecule has 3 aromatic carbocycles. The molecule has 2 amide bonds. The maximum absolute atomic E-state index is 12.4. The number of hydrogen-bond donors (Lipinski definition) is 3. The summed E-state index contributed by atoms with van der Waals surface area (Å²) in [6.07, 6.45) is 1.06. The van der Waals surface area contributed by atoms with Crippen LogP contribution < -0.4 is 20.9 Å². The first kappa shape index (κ1) is 23.9. The van der Waals surface area contributed by atoms with Gasteiger partial charge in [0.25, 0.3) is 11.8 Å². The Kier molecular flexibility index (Phi) is 8.55. The van der Waals surface area contributed by atoms with Crippen molar-refractivity contribution in [2.45, 2.75) is 26.2 Å². The van der Waals surface area contributed by atoms with Crippen LogP contribution in [0.15, 0.2) is 78.9 Å². The molecular weight excluding hydrogens is 434 g/mol. The summed E-state index contributed by atoms with van der Waals surface area (Å²) in [6.45, 7) is 4.12. The third kappa shape index (κ3) is 7.15. The van der Waals surface area contributed by atoms with Crippen molar-refractivity contribution in [3.63, 3.8) is 0 Å². The minimum absolute atomic E-state index is 0.0154. The molecule has 170 valence electrons. The number of amides is 2. The van der Waals surface area contributed by atoms with Crippen molar-refractivity contribution >= 4 is 29.1 Å². The Balaban J connectivity index is 1.41. The number of thiocarbonyl (C=S) groups is 1. The molecule has 0 aliphatic rings. The molecule has 0 heterocycles. The Bertz CT molecular complexity index is 1080. The second kappa shape index (κ2) is 11.8. The molecule has 0 radical (unpaired) electrons. The molecule has 3 rings (SSSR count). The molecule has 0 bridgehead atoms. The highest BCUT2D eigenvalue weighted by Crippen LogP contribution is 2.21. The Hall–Kier alpha value is -3.71. The number of hydrogen-bond acceptors (Lipinski definition) is 4. The lowest BCUT2D eigenvalue weighted by molar-refractivity contribution is -0.123. The molecule has 1 unspecified atom stereocenters. The van der Waals surface area contributed by atoms with E-state index in [1.54, 1.807) is 12.1 Å². The molecule has 6 nitrogen and oxygen atoms in total. The number of carbonyl (C=O) groups is 2. The average molecular weight is 462 g/mol. The topological polar surface area (TPSA) is 79.5 Å². The van der Waals surface area contributed by atoms with Crippen molar-refractivity contribution in [1.82, 2.24) is 16.2 Å². The predicted octanol–water partition coefficient (Wildman–Crippen LogP) is 4.58. The van der Waals surface area contributed by atoms with E-state index >= 15 is 0 Å². The fourth-order valence-corrected chi connectivity index (χ4v) is 3.23. The smallest absolute Gasteiger partial charge is 0.276 e. The van der Waals surface area contributed by atoms with E-state index in [4.69, 9.17) is 17.0 Å². The lowest BCUT2D eigenvalue weighted by Crippen LogP contribution is -2.49. The van der Waals surface area contributed by atoms with Gasteiger partial charge in [-0.2, -0.15) is 0 Å². The van der Waals surface area contributed by atoms with Crippen molar-refractivity contribution in [2.24, 2.45) is 0 Å². The summed E-state index contributed by atoms with van der Waals surface area (Å²) in [5.41, 5.74) is 8.68. The maximum Gasteiger partial charge on any atom is 0.276 e. The molecule has 7 heteroatoms. The fourth-order valence-electron chi connectivity index (χ4n) is 3.09. The third-order valence-electron chi connectivity index (χ3n) is 5.23. The molecule has 0 saturated heterocycles. The molecule has 3 N–H and O–H groups in total. The van der Waals surface area contributed by atoms with Gasteiger partial charge in [-0.15, -0.1) is 0 Å². The van der Waals surface area contributed by atoms with Gasteiger partial charge in [-0.05, 0) is 65.5 Å². The first-order valence-corrected chi connectivity index (χ1v) is 11.2. The zero-order valence-corrected chi connectivity index (χ0v) is 19.4. The van der Waals surface area contributed by atoms with E-state index in [1.165, 1.54) is 5.56 Å². The van der Waals surface area contributed by atoms with Gasteiger partial charge in [0.15, 0.2) is 11.7 Å². The molecule has 0 fully saturated rings. The van der Waals surface area contributed by atoms with Crippen LogP contribution in [0.5, 0.6) is 5.75 Å². The molecule has 33 heavy (non-hydrogen) atoms. The van der Waals surface area contributed by atoms with Gasteiger partial charge >= 0.3 is 0 Å². The highest BCUT2D eigenvalue weighted by Gasteiger charge is 2.10. The van der Waals surface area contributed by atoms with Crippen LogP contribution in [0.4, 0.5) is 0 Å². The SMILES string of the molecule is CCC(C)c1ccc(OCC(=O)NNC(=S)NC(=O)c2ccc(-c3ccccc3)cc2)cc1. The molecular formula is C26H27N3O3S. The van der Waals surface area contributed by atoms with Crippen molar-refractivity contribution in [2.75, 3.05) is 6.61 Å². The number of carbonyl (C=O) groups excluding carboxylic acids is 2. The summed E-state index contributed by atoms with van der Waals surface area (Å²) in [7, 11) is 0. The van der Waals surface area contributed by atoms with Crippen LogP contribution in [0, 0.1) is 0 Å². The van der Waals surface area contributed by atoms with Crippen molar-refractivity contribution in [3.05, 3.63) is 90.0 Å². The Labute approximate surface area is 199 Å². The fraction of sp³-hybridized carbons (Fsp3) is 0.192. The zero-order valence-electron chi connectivity index (χ0n) is 18.6. The lowest BCUT2D eigenvalue weighted by Gasteiger charge is -2.12. The molecule has 0 aliphatic heterocycles. The van der Waals surface area contributed by atoms with Gasteiger partial charge in [-0.1, -0.05) is 68.4 Å². The number of nitrogens with one attached hydrogen (secondary N) is 3. The molecule has 0 spiro atoms. The Morgan fingerprint density at radius 2 is 1.52 bits per heavy atom. The quantitative estimate of drug-likeness (QED) is 0.355. The first-order chi connectivity index (χ1) is 16.0. The van der Waals surface area contributed by atoms with Gasteiger partial charge < -0.3 is 4.74 Å². The summed E-state index contributed by atoms with van der Waals surface area (Å²) in [5.74, 6) is 0.278. The van der Waals surface area contributed by atoms with Gasteiger partial charge in [0.1, 0.15) is 5.75 Å². The summed E-state index contributed by atoms with van der Waals surface area (Å²) in [4.78, 5) is 24.4. The monoisotopic (exact) mass is 461 g/mol. The molecule has 1 atom stereocenters. The second-order valence-electron chi connectivity index (χ2n) is 7.57. The first-order valence-electron chi connectivity index (χ1n) is 10.7. The van der Waals surface area contributed by atoms with E-state index in [0.717, 1.165) is 17.5 Å². The Morgan fingerprint density at radius 1 is 0.879 bits per heavy atom. The molecule has 3 aromatic rings. The molecule has 0 aromatic heterocycles. The van der Waals surface area contributed by atoms with Gasteiger partial charge in [0.2, 0.25) is 0 Å². The van der Waals surface area contributed by atoms with Crippen molar-refractivity contribution in [1.29, 1.82) is 0 Å². The van der Waals surface area contributed by atoms with E-state index in [2.05, 4.69) is 30.0 Å². The predicted molar refractivity (Wildman–Crippen MR) is 134 cm³/mol. The highest BCUT2D eigenvalue weighted by molar-refractivity contribution is 7.80. The molecule has 0 saturated carbocycles. The van der Waals surface area contributed by atoms with Crippen LogP contribution in [0.25, 0.3) is 11.1 Å². The third-order valence-corrected chi connectivity index (χ3v) is 5.43. The van der Waals surface area contributed by atoms with E-state index < -0.39 is 5.91 Å². The highest BCUT2D eigenvalue weighted by atomic mass is 32.1. The Morgan fingerprint density at radius 3 is 2.15 bits per heavy atom. The van der Waals surface area contributed by atoms with Crippen LogP contribution in [0.3, 0.4) is 0 Å². The second-order valence-corrected chi connectivity index (χ2v) is 7.98. The van der Waals surface area contributed by atoms with E-state index in [-0.39, 0.29) is 17.6 Å². The van der Waals surface area contributed by atoms with Gasteiger partial charge in [-0.25, -0.2) is 0 Å². The van der Waals surface area contributed by atoms with Crippen molar-refractivity contribution in [3.8, 4) is 16.9 Å². The van der Waals surface area contributed by atoms with Gasteiger partial charge in [-0.3, -0.25) is 25.8 Å². The van der Waals surface area contributed by atoms with Crippen LogP contribution in [0.2, 0.25) is 0 Å². The van der Waals surface area contributed by atoms with E-state index in [9.17, 15) is 9.59 Å².